The van der Waals surface area contributed by atoms with Crippen molar-refractivity contribution in [2.24, 2.45) is 0 Å². The molecular formula is C11H8Cl2N2OS. The highest BCUT2D eigenvalue weighted by molar-refractivity contribution is 7.98. The summed E-state index contributed by atoms with van der Waals surface area (Å²) < 4.78 is 0. The molecular weight excluding hydrogens is 279 g/mol. The van der Waals surface area contributed by atoms with E-state index in [4.69, 9.17) is 23.2 Å². The van der Waals surface area contributed by atoms with E-state index < -0.39 is 0 Å². The number of rotatable bonds is 2. The van der Waals surface area contributed by atoms with Crippen LogP contribution in [0.15, 0.2) is 34.2 Å². The van der Waals surface area contributed by atoms with Gasteiger partial charge >= 0.3 is 0 Å². The number of aromatic nitrogens is 2. The second-order valence-corrected chi connectivity index (χ2v) is 4.97. The van der Waals surface area contributed by atoms with E-state index in [0.717, 1.165) is 5.56 Å². The van der Waals surface area contributed by atoms with Gasteiger partial charge in [0.2, 0.25) is 0 Å². The van der Waals surface area contributed by atoms with Crippen molar-refractivity contribution in [2.45, 2.75) is 5.16 Å². The zero-order valence-corrected chi connectivity index (χ0v) is 11.2. The minimum Gasteiger partial charge on any atom is -0.301 e. The lowest BCUT2D eigenvalue weighted by molar-refractivity contribution is 0.945. The first-order valence-corrected chi connectivity index (χ1v) is 6.68. The highest BCUT2D eigenvalue weighted by Crippen LogP contribution is 2.25. The van der Waals surface area contributed by atoms with E-state index in [0.29, 0.717) is 20.9 Å². The molecule has 0 aliphatic heterocycles. The van der Waals surface area contributed by atoms with E-state index in [9.17, 15) is 4.79 Å². The minimum atomic E-state index is -0.199. The molecule has 0 atom stereocenters. The van der Waals surface area contributed by atoms with Crippen molar-refractivity contribution >= 4 is 35.0 Å². The summed E-state index contributed by atoms with van der Waals surface area (Å²) in [7, 11) is 0. The number of aromatic amines is 1. The van der Waals surface area contributed by atoms with Crippen LogP contribution >= 0.6 is 35.0 Å². The van der Waals surface area contributed by atoms with Gasteiger partial charge in [0, 0.05) is 21.7 Å². The predicted molar refractivity (Wildman–Crippen MR) is 72.1 cm³/mol. The van der Waals surface area contributed by atoms with Crippen LogP contribution in [0.3, 0.4) is 0 Å². The third-order valence-electron chi connectivity index (χ3n) is 2.07. The van der Waals surface area contributed by atoms with Gasteiger partial charge < -0.3 is 4.98 Å². The van der Waals surface area contributed by atoms with Crippen LogP contribution in [-0.4, -0.2) is 16.2 Å². The summed E-state index contributed by atoms with van der Waals surface area (Å²) >= 11 is 13.2. The van der Waals surface area contributed by atoms with Gasteiger partial charge in [0.15, 0.2) is 5.16 Å². The van der Waals surface area contributed by atoms with Crippen molar-refractivity contribution in [1.29, 1.82) is 0 Å². The van der Waals surface area contributed by atoms with Gasteiger partial charge in [-0.15, -0.1) is 0 Å². The molecule has 0 radical (unpaired) electrons. The lowest BCUT2D eigenvalue weighted by Gasteiger charge is -2.04. The molecule has 2 rings (SSSR count). The fourth-order valence-electron chi connectivity index (χ4n) is 1.38. The summed E-state index contributed by atoms with van der Waals surface area (Å²) in [6.07, 6.45) is 1.84. The molecule has 0 fully saturated rings. The molecule has 2 aromatic rings. The number of hydrogen-bond acceptors (Lipinski definition) is 3. The number of H-pyrrole nitrogens is 1. The molecule has 6 heteroatoms. The molecule has 0 aliphatic carbocycles. The Labute approximate surface area is 112 Å². The number of halogens is 2. The molecule has 0 unspecified atom stereocenters. The van der Waals surface area contributed by atoms with Crippen molar-refractivity contribution < 1.29 is 0 Å². The maximum Gasteiger partial charge on any atom is 0.252 e. The van der Waals surface area contributed by atoms with E-state index >= 15 is 0 Å². The summed E-state index contributed by atoms with van der Waals surface area (Å²) in [6, 6.07) is 6.50. The summed E-state index contributed by atoms with van der Waals surface area (Å²) in [6.45, 7) is 0. The standard InChI is InChI=1S/C11H8Cl2N2OS/c1-17-11-14-9(5-10(16)15-11)6-2-7(12)4-8(13)3-6/h2-5H,1H3,(H,14,15,16). The van der Waals surface area contributed by atoms with Crippen LogP contribution in [0.2, 0.25) is 10.0 Å². The van der Waals surface area contributed by atoms with Crippen LogP contribution < -0.4 is 5.56 Å². The molecule has 0 saturated carbocycles. The van der Waals surface area contributed by atoms with Crippen molar-refractivity contribution in [3.05, 3.63) is 44.7 Å². The van der Waals surface area contributed by atoms with Crippen LogP contribution in [0, 0.1) is 0 Å². The fraction of sp³-hybridized carbons (Fsp3) is 0.0909. The molecule has 1 N–H and O–H groups in total. The summed E-state index contributed by atoms with van der Waals surface area (Å²) in [4.78, 5) is 18.4. The Morgan fingerprint density at radius 2 is 1.82 bits per heavy atom. The second kappa shape index (κ2) is 5.12. The molecule has 0 aliphatic rings. The van der Waals surface area contributed by atoms with E-state index in [-0.39, 0.29) is 5.56 Å². The monoisotopic (exact) mass is 286 g/mol. The minimum absolute atomic E-state index is 0.199. The van der Waals surface area contributed by atoms with Crippen molar-refractivity contribution in [3.8, 4) is 11.3 Å². The molecule has 17 heavy (non-hydrogen) atoms. The fourth-order valence-corrected chi connectivity index (χ4v) is 2.30. The quantitative estimate of drug-likeness (QED) is 0.679. The molecule has 0 spiro atoms. The molecule has 88 valence electrons. The summed E-state index contributed by atoms with van der Waals surface area (Å²) in [5.74, 6) is 0. The Kier molecular flexibility index (Phi) is 3.76. The molecule has 0 saturated heterocycles. The number of thioether (sulfide) groups is 1. The molecule has 3 nitrogen and oxygen atoms in total. The van der Waals surface area contributed by atoms with Crippen molar-refractivity contribution in [1.82, 2.24) is 9.97 Å². The molecule has 0 bridgehead atoms. The first-order valence-electron chi connectivity index (χ1n) is 4.70. The molecule has 1 aromatic heterocycles. The maximum absolute atomic E-state index is 11.4. The largest absolute Gasteiger partial charge is 0.301 e. The summed E-state index contributed by atoms with van der Waals surface area (Å²) in [5.41, 5.74) is 1.09. The van der Waals surface area contributed by atoms with Gasteiger partial charge in [-0.2, -0.15) is 0 Å². The van der Waals surface area contributed by atoms with Gasteiger partial charge in [0.1, 0.15) is 0 Å². The van der Waals surface area contributed by atoms with Gasteiger partial charge in [-0.05, 0) is 24.5 Å². The highest BCUT2D eigenvalue weighted by atomic mass is 35.5. The number of hydrogen-bond donors (Lipinski definition) is 1. The normalized spacial score (nSPS) is 10.5. The van der Waals surface area contributed by atoms with E-state index in [2.05, 4.69) is 9.97 Å². The van der Waals surface area contributed by atoms with Gasteiger partial charge in [0.25, 0.3) is 5.56 Å². The Balaban J connectivity index is 2.59. The summed E-state index contributed by atoms with van der Waals surface area (Å²) in [5, 5.41) is 1.59. The van der Waals surface area contributed by atoms with Gasteiger partial charge in [-0.1, -0.05) is 35.0 Å². The van der Waals surface area contributed by atoms with Gasteiger partial charge in [-0.3, -0.25) is 4.79 Å². The zero-order chi connectivity index (χ0) is 12.4. The third kappa shape index (κ3) is 3.03. The van der Waals surface area contributed by atoms with E-state index in [1.54, 1.807) is 18.2 Å². The van der Waals surface area contributed by atoms with Crippen LogP contribution in [0.1, 0.15) is 0 Å². The van der Waals surface area contributed by atoms with Crippen LogP contribution in [0.25, 0.3) is 11.3 Å². The van der Waals surface area contributed by atoms with Crippen molar-refractivity contribution in [3.63, 3.8) is 0 Å². The average Bonchev–Trinajstić information content (AvgIpc) is 2.26. The van der Waals surface area contributed by atoms with Crippen LogP contribution in [0.5, 0.6) is 0 Å². The third-order valence-corrected chi connectivity index (χ3v) is 3.09. The van der Waals surface area contributed by atoms with Crippen LogP contribution in [0.4, 0.5) is 0 Å². The Bertz CT molecular complexity index is 592. The highest BCUT2D eigenvalue weighted by Gasteiger charge is 2.05. The van der Waals surface area contributed by atoms with Crippen LogP contribution in [-0.2, 0) is 0 Å². The van der Waals surface area contributed by atoms with E-state index in [1.807, 2.05) is 6.26 Å². The first kappa shape index (κ1) is 12.5. The second-order valence-electron chi connectivity index (χ2n) is 3.30. The van der Waals surface area contributed by atoms with Crippen molar-refractivity contribution in [2.75, 3.05) is 6.26 Å². The molecule has 1 aromatic carbocycles. The number of nitrogens with one attached hydrogen (secondary N) is 1. The SMILES string of the molecule is CSc1nc(-c2cc(Cl)cc(Cl)c2)cc(=O)[nH]1. The molecule has 0 amide bonds. The zero-order valence-electron chi connectivity index (χ0n) is 8.83. The smallest absolute Gasteiger partial charge is 0.252 e. The first-order chi connectivity index (χ1) is 8.08. The number of nitrogens with zero attached hydrogens (tertiary/aromatic N) is 1. The Hall–Kier alpha value is -0.970. The Morgan fingerprint density at radius 3 is 2.41 bits per heavy atom. The van der Waals surface area contributed by atoms with E-state index in [1.165, 1.54) is 17.8 Å². The Morgan fingerprint density at radius 1 is 1.18 bits per heavy atom. The maximum atomic E-state index is 11.4. The average molecular weight is 287 g/mol. The predicted octanol–water partition coefficient (Wildman–Crippen LogP) is 3.47. The topological polar surface area (TPSA) is 45.8 Å². The lowest BCUT2D eigenvalue weighted by atomic mass is 10.1. The van der Waals surface area contributed by atoms with Gasteiger partial charge in [-0.25, -0.2) is 4.98 Å². The lowest BCUT2D eigenvalue weighted by Crippen LogP contribution is -2.07. The van der Waals surface area contributed by atoms with Gasteiger partial charge in [0.05, 0.1) is 5.69 Å². The molecule has 1 heterocycles. The number of benzene rings is 1.